The van der Waals surface area contributed by atoms with Gasteiger partial charge in [0.2, 0.25) is 0 Å². The lowest BCUT2D eigenvalue weighted by atomic mass is 9.90. The lowest BCUT2D eigenvalue weighted by Crippen LogP contribution is -2.22. The Labute approximate surface area is 95.7 Å². The van der Waals surface area contributed by atoms with Gasteiger partial charge in [-0.3, -0.25) is 0 Å². The highest BCUT2D eigenvalue weighted by atomic mass is 16.4. The van der Waals surface area contributed by atoms with Crippen LogP contribution in [0.1, 0.15) is 37.7 Å². The van der Waals surface area contributed by atoms with Crippen LogP contribution >= 0.6 is 0 Å². The van der Waals surface area contributed by atoms with Gasteiger partial charge < -0.3 is 10.4 Å². The number of aromatic nitrogens is 1. The highest BCUT2D eigenvalue weighted by Gasteiger charge is 2.14. The van der Waals surface area contributed by atoms with E-state index in [4.69, 9.17) is 5.11 Å². The first-order chi connectivity index (χ1) is 7.44. The third-order valence-electron chi connectivity index (χ3n) is 2.71. The number of nitrogens with zero attached hydrogens (tertiary/aromatic N) is 1. The van der Waals surface area contributed by atoms with E-state index >= 15 is 0 Å². The van der Waals surface area contributed by atoms with E-state index in [0.29, 0.717) is 0 Å². The fraction of sp³-hybridized carbons (Fsp3) is 0.500. The first-order valence-corrected chi connectivity index (χ1v) is 5.38. The molecular weight excluding hydrogens is 204 g/mol. The molecule has 1 heterocycles. The number of hydrogen-bond acceptors (Lipinski definition) is 3. The molecule has 88 valence electrons. The number of carboxylic acid groups (broad SMARTS) is 1. The van der Waals surface area contributed by atoms with Crippen molar-refractivity contribution in [2.75, 3.05) is 11.9 Å². The highest BCUT2D eigenvalue weighted by Crippen LogP contribution is 2.20. The van der Waals surface area contributed by atoms with Gasteiger partial charge >= 0.3 is 5.97 Å². The van der Waals surface area contributed by atoms with E-state index < -0.39 is 5.97 Å². The SMILES string of the molecule is CCC(C)(C)CNc1ccc(C(=O)O)nc1. The molecular formula is C12H18N2O2. The Kier molecular flexibility index (Phi) is 3.88. The van der Waals surface area contributed by atoms with E-state index in [1.807, 2.05) is 0 Å². The quantitative estimate of drug-likeness (QED) is 0.804. The number of nitrogens with one attached hydrogen (secondary N) is 1. The summed E-state index contributed by atoms with van der Waals surface area (Å²) in [5, 5.41) is 11.9. The van der Waals surface area contributed by atoms with Gasteiger partial charge in [0.15, 0.2) is 0 Å². The van der Waals surface area contributed by atoms with Crippen molar-refractivity contribution in [1.29, 1.82) is 0 Å². The maximum atomic E-state index is 10.6. The molecule has 0 saturated carbocycles. The molecule has 1 rings (SSSR count). The largest absolute Gasteiger partial charge is 0.477 e. The van der Waals surface area contributed by atoms with Crippen LogP contribution in [0.2, 0.25) is 0 Å². The van der Waals surface area contributed by atoms with Gasteiger partial charge in [0.25, 0.3) is 0 Å². The Balaban J connectivity index is 2.59. The predicted molar refractivity (Wildman–Crippen MR) is 63.8 cm³/mol. The van der Waals surface area contributed by atoms with E-state index in [-0.39, 0.29) is 11.1 Å². The smallest absolute Gasteiger partial charge is 0.354 e. The highest BCUT2D eigenvalue weighted by molar-refractivity contribution is 5.85. The topological polar surface area (TPSA) is 62.2 Å². The molecule has 1 aromatic rings. The summed E-state index contributed by atoms with van der Waals surface area (Å²) in [6.07, 6.45) is 2.63. The third-order valence-corrected chi connectivity index (χ3v) is 2.71. The second kappa shape index (κ2) is 4.96. The van der Waals surface area contributed by atoms with Crippen LogP contribution in [0.3, 0.4) is 0 Å². The third kappa shape index (κ3) is 3.53. The zero-order valence-corrected chi connectivity index (χ0v) is 9.95. The van der Waals surface area contributed by atoms with Gasteiger partial charge in [0.1, 0.15) is 5.69 Å². The minimum absolute atomic E-state index is 0.0697. The van der Waals surface area contributed by atoms with E-state index in [9.17, 15) is 4.79 Å². The first-order valence-electron chi connectivity index (χ1n) is 5.38. The van der Waals surface area contributed by atoms with Gasteiger partial charge in [-0.15, -0.1) is 0 Å². The molecule has 0 fully saturated rings. The minimum atomic E-state index is -1.000. The predicted octanol–water partition coefficient (Wildman–Crippen LogP) is 2.63. The summed E-state index contributed by atoms with van der Waals surface area (Å²) < 4.78 is 0. The molecule has 4 heteroatoms. The Bertz CT molecular complexity index is 358. The van der Waals surface area contributed by atoms with Crippen molar-refractivity contribution in [3.8, 4) is 0 Å². The van der Waals surface area contributed by atoms with Crippen LogP contribution in [-0.2, 0) is 0 Å². The molecule has 0 aliphatic heterocycles. The lowest BCUT2D eigenvalue weighted by Gasteiger charge is -2.23. The Morgan fingerprint density at radius 2 is 2.19 bits per heavy atom. The molecule has 4 nitrogen and oxygen atoms in total. The number of carboxylic acids is 1. The van der Waals surface area contributed by atoms with E-state index in [1.54, 1.807) is 12.3 Å². The van der Waals surface area contributed by atoms with E-state index in [2.05, 4.69) is 31.1 Å². The fourth-order valence-corrected chi connectivity index (χ4v) is 1.09. The standard InChI is InChI=1S/C12H18N2O2/c1-4-12(2,3)8-14-9-5-6-10(11(15)16)13-7-9/h5-7,14H,4,8H2,1-3H3,(H,15,16). The Hall–Kier alpha value is -1.58. The minimum Gasteiger partial charge on any atom is -0.477 e. The van der Waals surface area contributed by atoms with Crippen molar-refractivity contribution in [2.45, 2.75) is 27.2 Å². The molecule has 0 aromatic carbocycles. The van der Waals surface area contributed by atoms with Crippen molar-refractivity contribution >= 4 is 11.7 Å². The molecule has 0 aliphatic carbocycles. The molecule has 0 atom stereocenters. The van der Waals surface area contributed by atoms with Gasteiger partial charge in [-0.25, -0.2) is 9.78 Å². The summed E-state index contributed by atoms with van der Waals surface area (Å²) in [7, 11) is 0. The van der Waals surface area contributed by atoms with Crippen LogP contribution < -0.4 is 5.32 Å². The van der Waals surface area contributed by atoms with Crippen LogP contribution in [0.25, 0.3) is 0 Å². The average Bonchev–Trinajstić information content (AvgIpc) is 2.27. The summed E-state index contributed by atoms with van der Waals surface area (Å²) in [6, 6.07) is 3.24. The molecule has 1 aromatic heterocycles. The van der Waals surface area contributed by atoms with Crippen molar-refractivity contribution in [3.05, 3.63) is 24.0 Å². The van der Waals surface area contributed by atoms with E-state index in [0.717, 1.165) is 18.7 Å². The summed E-state index contributed by atoms with van der Waals surface area (Å²) in [5.74, 6) is -1.000. The zero-order valence-electron chi connectivity index (χ0n) is 9.95. The van der Waals surface area contributed by atoms with Crippen molar-refractivity contribution in [3.63, 3.8) is 0 Å². The van der Waals surface area contributed by atoms with Gasteiger partial charge in [-0.05, 0) is 24.0 Å². The molecule has 0 aliphatic rings. The summed E-state index contributed by atoms with van der Waals surface area (Å²) >= 11 is 0. The van der Waals surface area contributed by atoms with Crippen molar-refractivity contribution < 1.29 is 9.90 Å². The number of hydrogen-bond donors (Lipinski definition) is 2. The maximum Gasteiger partial charge on any atom is 0.354 e. The Morgan fingerprint density at radius 1 is 1.50 bits per heavy atom. The first kappa shape index (κ1) is 12.5. The fourth-order valence-electron chi connectivity index (χ4n) is 1.09. The van der Waals surface area contributed by atoms with Crippen LogP contribution in [0.15, 0.2) is 18.3 Å². The van der Waals surface area contributed by atoms with E-state index in [1.165, 1.54) is 6.07 Å². The van der Waals surface area contributed by atoms with Crippen LogP contribution in [-0.4, -0.2) is 22.6 Å². The monoisotopic (exact) mass is 222 g/mol. The van der Waals surface area contributed by atoms with Crippen LogP contribution in [0.4, 0.5) is 5.69 Å². The molecule has 0 saturated heterocycles. The van der Waals surface area contributed by atoms with Gasteiger partial charge in [-0.2, -0.15) is 0 Å². The second-order valence-electron chi connectivity index (χ2n) is 4.61. The molecule has 16 heavy (non-hydrogen) atoms. The van der Waals surface area contributed by atoms with Crippen LogP contribution in [0, 0.1) is 5.41 Å². The van der Waals surface area contributed by atoms with Crippen molar-refractivity contribution in [2.24, 2.45) is 5.41 Å². The molecule has 0 bridgehead atoms. The second-order valence-corrected chi connectivity index (χ2v) is 4.61. The molecule has 0 unspecified atom stereocenters. The van der Waals surface area contributed by atoms with Gasteiger partial charge in [0.05, 0.1) is 11.9 Å². The van der Waals surface area contributed by atoms with Crippen molar-refractivity contribution in [1.82, 2.24) is 4.98 Å². The summed E-state index contributed by atoms with van der Waals surface area (Å²) in [6.45, 7) is 7.35. The van der Waals surface area contributed by atoms with Crippen LogP contribution in [0.5, 0.6) is 0 Å². The summed E-state index contributed by atoms with van der Waals surface area (Å²) in [5.41, 5.74) is 1.15. The number of carbonyl (C=O) groups is 1. The molecule has 0 spiro atoms. The number of anilines is 1. The zero-order chi connectivity index (χ0) is 12.2. The molecule has 0 amide bonds. The molecule has 2 N–H and O–H groups in total. The summed E-state index contributed by atoms with van der Waals surface area (Å²) in [4.78, 5) is 14.4. The maximum absolute atomic E-state index is 10.6. The van der Waals surface area contributed by atoms with Gasteiger partial charge in [0, 0.05) is 6.54 Å². The number of aromatic carboxylic acids is 1. The lowest BCUT2D eigenvalue weighted by molar-refractivity contribution is 0.0690. The normalized spacial score (nSPS) is 11.2. The molecule has 0 radical (unpaired) electrons. The average molecular weight is 222 g/mol. The van der Waals surface area contributed by atoms with Gasteiger partial charge in [-0.1, -0.05) is 20.8 Å². The number of rotatable bonds is 5. The number of pyridine rings is 1. The Morgan fingerprint density at radius 3 is 2.62 bits per heavy atom.